The van der Waals surface area contributed by atoms with Gasteiger partial charge in [-0.25, -0.2) is 0 Å². The van der Waals surface area contributed by atoms with Gasteiger partial charge in [-0.2, -0.15) is 5.26 Å². The molecule has 0 radical (unpaired) electrons. The number of nitro benzene ring substituents is 1. The molecule has 0 N–H and O–H groups in total. The number of hydrogen-bond acceptors (Lipinski definition) is 4. The van der Waals surface area contributed by atoms with Crippen molar-refractivity contribution in [2.75, 3.05) is 6.61 Å². The molecule has 0 saturated heterocycles. The van der Waals surface area contributed by atoms with E-state index in [9.17, 15) is 10.1 Å². The van der Waals surface area contributed by atoms with Gasteiger partial charge in [0.1, 0.15) is 5.75 Å². The predicted molar refractivity (Wildman–Crippen MR) is 73.5 cm³/mol. The average molecular weight is 268 g/mol. The van der Waals surface area contributed by atoms with Crippen LogP contribution in [0.5, 0.6) is 5.75 Å². The zero-order chi connectivity index (χ0) is 14.4. The monoisotopic (exact) mass is 268 g/mol. The molecule has 0 spiro atoms. The Morgan fingerprint density at radius 3 is 2.60 bits per heavy atom. The van der Waals surface area contributed by atoms with Crippen LogP contribution >= 0.6 is 0 Å². The highest BCUT2D eigenvalue weighted by atomic mass is 16.6. The van der Waals surface area contributed by atoms with Crippen LogP contribution in [0.25, 0.3) is 0 Å². The summed E-state index contributed by atoms with van der Waals surface area (Å²) in [7, 11) is 0. The highest BCUT2D eigenvalue weighted by Gasteiger charge is 2.04. The van der Waals surface area contributed by atoms with Crippen LogP contribution < -0.4 is 4.74 Å². The lowest BCUT2D eigenvalue weighted by Gasteiger charge is -2.06. The van der Waals surface area contributed by atoms with Gasteiger partial charge in [0.25, 0.3) is 5.69 Å². The van der Waals surface area contributed by atoms with Gasteiger partial charge in [-0.3, -0.25) is 10.1 Å². The van der Waals surface area contributed by atoms with Gasteiger partial charge in [0.15, 0.2) is 0 Å². The Hall–Kier alpha value is -2.87. The third-order valence-electron chi connectivity index (χ3n) is 2.77. The fraction of sp³-hybridized carbons (Fsp3) is 0.133. The number of nitriles is 1. The van der Waals surface area contributed by atoms with E-state index in [0.29, 0.717) is 24.3 Å². The standard InChI is InChI=1S/C15H12N2O3/c16-11-13-2-1-3-15(10-13)20-9-8-12-4-6-14(7-5-12)17(18)19/h1-7,10H,8-9H2. The van der Waals surface area contributed by atoms with Crippen LogP contribution in [0.1, 0.15) is 11.1 Å². The van der Waals surface area contributed by atoms with Crippen LogP contribution in [0.15, 0.2) is 48.5 Å². The first-order valence-corrected chi connectivity index (χ1v) is 6.05. The highest BCUT2D eigenvalue weighted by Crippen LogP contribution is 2.15. The summed E-state index contributed by atoms with van der Waals surface area (Å²) in [5, 5.41) is 19.3. The second-order valence-electron chi connectivity index (χ2n) is 4.16. The Kier molecular flexibility index (Phi) is 4.30. The van der Waals surface area contributed by atoms with Gasteiger partial charge in [0.05, 0.1) is 23.2 Å². The van der Waals surface area contributed by atoms with E-state index < -0.39 is 4.92 Å². The Labute approximate surface area is 116 Å². The summed E-state index contributed by atoms with van der Waals surface area (Å²) < 4.78 is 5.55. The van der Waals surface area contributed by atoms with Crippen molar-refractivity contribution in [1.29, 1.82) is 5.26 Å². The first kappa shape index (κ1) is 13.6. The van der Waals surface area contributed by atoms with E-state index >= 15 is 0 Å². The fourth-order valence-corrected chi connectivity index (χ4v) is 1.73. The summed E-state index contributed by atoms with van der Waals surface area (Å²) in [5.41, 5.74) is 1.60. The van der Waals surface area contributed by atoms with Gasteiger partial charge in [0.2, 0.25) is 0 Å². The second kappa shape index (κ2) is 6.34. The molecular weight excluding hydrogens is 256 g/mol. The Bertz CT molecular complexity index is 645. The minimum atomic E-state index is -0.423. The molecule has 5 nitrogen and oxygen atoms in total. The molecule has 0 aliphatic heterocycles. The molecule has 2 rings (SSSR count). The Balaban J connectivity index is 1.89. The quantitative estimate of drug-likeness (QED) is 0.616. The molecule has 100 valence electrons. The van der Waals surface area contributed by atoms with Crippen molar-refractivity contribution in [2.45, 2.75) is 6.42 Å². The van der Waals surface area contributed by atoms with Crippen molar-refractivity contribution in [2.24, 2.45) is 0 Å². The van der Waals surface area contributed by atoms with E-state index in [1.165, 1.54) is 12.1 Å². The van der Waals surface area contributed by atoms with Gasteiger partial charge in [0, 0.05) is 18.6 Å². The third-order valence-corrected chi connectivity index (χ3v) is 2.77. The van der Waals surface area contributed by atoms with E-state index in [4.69, 9.17) is 10.00 Å². The summed E-state index contributed by atoms with van der Waals surface area (Å²) in [6.45, 7) is 0.451. The molecular formula is C15H12N2O3. The second-order valence-corrected chi connectivity index (χ2v) is 4.16. The van der Waals surface area contributed by atoms with Crippen molar-refractivity contribution in [3.63, 3.8) is 0 Å². The van der Waals surface area contributed by atoms with Crippen LogP contribution in [0.2, 0.25) is 0 Å². The normalized spacial score (nSPS) is 9.75. The number of rotatable bonds is 5. The SMILES string of the molecule is N#Cc1cccc(OCCc2ccc([N+](=O)[O-])cc2)c1. The van der Waals surface area contributed by atoms with Crippen LogP contribution in [-0.2, 0) is 6.42 Å². The van der Waals surface area contributed by atoms with Crippen LogP contribution in [-0.4, -0.2) is 11.5 Å². The lowest BCUT2D eigenvalue weighted by Crippen LogP contribution is -2.01. The molecule has 0 aromatic heterocycles. The van der Waals surface area contributed by atoms with Crippen LogP contribution in [0.3, 0.4) is 0 Å². The molecule has 0 amide bonds. The average Bonchev–Trinajstić information content (AvgIpc) is 2.48. The van der Waals surface area contributed by atoms with Crippen LogP contribution in [0.4, 0.5) is 5.69 Å². The molecule has 2 aromatic rings. The van der Waals surface area contributed by atoms with E-state index in [2.05, 4.69) is 0 Å². The zero-order valence-electron chi connectivity index (χ0n) is 10.7. The first-order chi connectivity index (χ1) is 9.69. The van der Waals surface area contributed by atoms with Crippen molar-refractivity contribution in [1.82, 2.24) is 0 Å². The largest absolute Gasteiger partial charge is 0.493 e. The Morgan fingerprint density at radius 2 is 1.95 bits per heavy atom. The minimum absolute atomic E-state index is 0.0800. The highest BCUT2D eigenvalue weighted by molar-refractivity contribution is 5.36. The number of ether oxygens (including phenoxy) is 1. The molecule has 0 heterocycles. The zero-order valence-corrected chi connectivity index (χ0v) is 10.7. The van der Waals surface area contributed by atoms with E-state index in [1.54, 1.807) is 36.4 Å². The Morgan fingerprint density at radius 1 is 1.20 bits per heavy atom. The smallest absolute Gasteiger partial charge is 0.269 e. The molecule has 0 aliphatic rings. The van der Waals surface area contributed by atoms with Gasteiger partial charge in [-0.1, -0.05) is 18.2 Å². The molecule has 0 aliphatic carbocycles. The summed E-state index contributed by atoms with van der Waals surface area (Å²) >= 11 is 0. The maximum absolute atomic E-state index is 10.5. The van der Waals surface area contributed by atoms with Gasteiger partial charge in [-0.05, 0) is 23.8 Å². The van der Waals surface area contributed by atoms with E-state index in [0.717, 1.165) is 5.56 Å². The minimum Gasteiger partial charge on any atom is -0.493 e. The van der Waals surface area contributed by atoms with Crippen molar-refractivity contribution in [3.8, 4) is 11.8 Å². The van der Waals surface area contributed by atoms with Crippen LogP contribution in [0, 0.1) is 21.4 Å². The first-order valence-electron chi connectivity index (χ1n) is 6.05. The molecule has 0 saturated carbocycles. The molecule has 20 heavy (non-hydrogen) atoms. The van der Waals surface area contributed by atoms with Crippen molar-refractivity contribution >= 4 is 5.69 Å². The van der Waals surface area contributed by atoms with Gasteiger partial charge < -0.3 is 4.74 Å². The number of hydrogen-bond donors (Lipinski definition) is 0. The number of nitrogens with zero attached hydrogens (tertiary/aromatic N) is 2. The molecule has 0 atom stereocenters. The maximum Gasteiger partial charge on any atom is 0.269 e. The number of non-ortho nitro benzene ring substituents is 1. The van der Waals surface area contributed by atoms with Crippen molar-refractivity contribution in [3.05, 3.63) is 69.8 Å². The molecule has 2 aromatic carbocycles. The molecule has 0 fully saturated rings. The summed E-state index contributed by atoms with van der Waals surface area (Å²) in [5.74, 6) is 0.644. The summed E-state index contributed by atoms with van der Waals surface area (Å²) in [6, 6.07) is 15.4. The predicted octanol–water partition coefficient (Wildman–Crippen LogP) is 3.09. The van der Waals surface area contributed by atoms with Gasteiger partial charge >= 0.3 is 0 Å². The topological polar surface area (TPSA) is 76.2 Å². The lowest BCUT2D eigenvalue weighted by atomic mass is 10.1. The van der Waals surface area contributed by atoms with Gasteiger partial charge in [-0.15, -0.1) is 0 Å². The summed E-state index contributed by atoms with van der Waals surface area (Å²) in [4.78, 5) is 10.1. The summed E-state index contributed by atoms with van der Waals surface area (Å²) in [6.07, 6.45) is 0.648. The maximum atomic E-state index is 10.5. The van der Waals surface area contributed by atoms with E-state index in [-0.39, 0.29) is 5.69 Å². The molecule has 0 unspecified atom stereocenters. The fourth-order valence-electron chi connectivity index (χ4n) is 1.73. The van der Waals surface area contributed by atoms with E-state index in [1.807, 2.05) is 6.07 Å². The lowest BCUT2D eigenvalue weighted by molar-refractivity contribution is -0.384. The molecule has 5 heteroatoms. The molecule has 0 bridgehead atoms. The third kappa shape index (κ3) is 3.56. The number of nitro groups is 1. The van der Waals surface area contributed by atoms with Crippen molar-refractivity contribution < 1.29 is 9.66 Å². The number of benzene rings is 2.